The Labute approximate surface area is 128 Å². The number of carbonyl (C=O) groups is 1. The molecule has 0 saturated carbocycles. The molecule has 0 aliphatic heterocycles. The lowest BCUT2D eigenvalue weighted by Crippen LogP contribution is -2.32. The van der Waals surface area contributed by atoms with Gasteiger partial charge in [-0.1, -0.05) is 0 Å². The number of aromatic nitrogens is 2. The quantitative estimate of drug-likeness (QED) is 0.497. The number of fused-ring (bicyclic) bond motifs is 1. The number of aldehydes is 1. The number of rotatable bonds is 10. The zero-order chi connectivity index (χ0) is 15.1. The normalized spacial score (nSPS) is 11.1. The number of ether oxygens (including phenoxy) is 2. The van der Waals surface area contributed by atoms with Crippen molar-refractivity contribution in [3.8, 4) is 0 Å². The topological polar surface area (TPSA) is 56.1 Å². The Hall–Kier alpha value is -1.44. The summed E-state index contributed by atoms with van der Waals surface area (Å²) in [5, 5.41) is 1.92. The Balaban J connectivity index is 2.19. The zero-order valence-electron chi connectivity index (χ0n) is 12.4. The van der Waals surface area contributed by atoms with Crippen molar-refractivity contribution >= 4 is 28.4 Å². The molecule has 116 valence electrons. The highest BCUT2D eigenvalue weighted by Crippen LogP contribution is 2.23. The first-order valence-electron chi connectivity index (χ1n) is 7.13. The molecule has 0 aromatic carbocycles. The second-order valence-corrected chi connectivity index (χ2v) is 5.25. The van der Waals surface area contributed by atoms with Gasteiger partial charge >= 0.3 is 0 Å². The Morgan fingerprint density at radius 1 is 1.29 bits per heavy atom. The van der Waals surface area contributed by atoms with Crippen LogP contribution in [0, 0.1) is 0 Å². The van der Waals surface area contributed by atoms with Crippen LogP contribution in [0.25, 0.3) is 4.96 Å². The van der Waals surface area contributed by atoms with Gasteiger partial charge in [0.15, 0.2) is 17.1 Å². The van der Waals surface area contributed by atoms with Crippen LogP contribution in [0.15, 0.2) is 11.6 Å². The van der Waals surface area contributed by atoms with Gasteiger partial charge in [-0.2, -0.15) is 0 Å². The predicted octanol–water partition coefficient (Wildman–Crippen LogP) is 2.09. The van der Waals surface area contributed by atoms with Crippen molar-refractivity contribution in [2.24, 2.45) is 0 Å². The van der Waals surface area contributed by atoms with Crippen LogP contribution in [-0.4, -0.2) is 55.2 Å². The second kappa shape index (κ2) is 8.11. The minimum Gasteiger partial charge on any atom is -0.380 e. The van der Waals surface area contributed by atoms with E-state index in [1.807, 2.05) is 29.8 Å². The van der Waals surface area contributed by atoms with Crippen LogP contribution in [0.4, 0.5) is 5.82 Å². The third-order valence-electron chi connectivity index (χ3n) is 3.11. The minimum atomic E-state index is 0.583. The molecule has 2 heterocycles. The van der Waals surface area contributed by atoms with Gasteiger partial charge in [-0.3, -0.25) is 9.20 Å². The molecule has 7 heteroatoms. The lowest BCUT2D eigenvalue weighted by molar-refractivity contribution is 0.111. The molecule has 0 atom stereocenters. The average Bonchev–Trinajstić information content (AvgIpc) is 3.06. The SMILES string of the molecule is CCOCCN(CCOCC)c1nc2sccn2c1C=O. The highest BCUT2D eigenvalue weighted by atomic mass is 32.1. The van der Waals surface area contributed by atoms with Crippen LogP contribution in [0.1, 0.15) is 24.3 Å². The highest BCUT2D eigenvalue weighted by Gasteiger charge is 2.18. The summed E-state index contributed by atoms with van der Waals surface area (Å²) in [7, 11) is 0. The maximum absolute atomic E-state index is 11.4. The van der Waals surface area contributed by atoms with Gasteiger partial charge in [0, 0.05) is 37.9 Å². The Morgan fingerprint density at radius 3 is 2.52 bits per heavy atom. The molecule has 0 fully saturated rings. The number of anilines is 1. The lowest BCUT2D eigenvalue weighted by Gasteiger charge is -2.22. The van der Waals surface area contributed by atoms with Crippen molar-refractivity contribution in [2.75, 3.05) is 44.4 Å². The summed E-state index contributed by atoms with van der Waals surface area (Å²) in [5.41, 5.74) is 0.583. The molecule has 0 aliphatic rings. The molecular formula is C14H21N3O3S. The van der Waals surface area contributed by atoms with Crippen LogP contribution in [0.5, 0.6) is 0 Å². The fraction of sp³-hybridized carbons (Fsp3) is 0.571. The van der Waals surface area contributed by atoms with E-state index < -0.39 is 0 Å². The first-order chi connectivity index (χ1) is 10.3. The highest BCUT2D eigenvalue weighted by molar-refractivity contribution is 7.15. The summed E-state index contributed by atoms with van der Waals surface area (Å²) >= 11 is 1.52. The molecule has 2 aromatic rings. The van der Waals surface area contributed by atoms with E-state index in [1.165, 1.54) is 11.3 Å². The van der Waals surface area contributed by atoms with Crippen LogP contribution in [-0.2, 0) is 9.47 Å². The van der Waals surface area contributed by atoms with E-state index in [1.54, 1.807) is 0 Å². The summed E-state index contributed by atoms with van der Waals surface area (Å²) in [6, 6.07) is 0. The average molecular weight is 311 g/mol. The molecule has 0 bridgehead atoms. The van der Waals surface area contributed by atoms with Gasteiger partial charge in [0.25, 0.3) is 0 Å². The van der Waals surface area contributed by atoms with Crippen molar-refractivity contribution < 1.29 is 14.3 Å². The molecule has 0 aliphatic carbocycles. The van der Waals surface area contributed by atoms with E-state index in [9.17, 15) is 4.79 Å². The van der Waals surface area contributed by atoms with Gasteiger partial charge in [-0.25, -0.2) is 4.98 Å². The van der Waals surface area contributed by atoms with E-state index in [4.69, 9.17) is 9.47 Å². The molecular weight excluding hydrogens is 290 g/mol. The molecule has 0 radical (unpaired) electrons. The van der Waals surface area contributed by atoms with Gasteiger partial charge in [0.2, 0.25) is 0 Å². The van der Waals surface area contributed by atoms with Crippen molar-refractivity contribution in [3.05, 3.63) is 17.3 Å². The van der Waals surface area contributed by atoms with Crippen LogP contribution < -0.4 is 4.90 Å². The van der Waals surface area contributed by atoms with E-state index in [0.29, 0.717) is 51.0 Å². The number of nitrogens with zero attached hydrogens (tertiary/aromatic N) is 3. The Morgan fingerprint density at radius 2 is 1.95 bits per heavy atom. The van der Waals surface area contributed by atoms with Crippen LogP contribution in [0.2, 0.25) is 0 Å². The number of imidazole rings is 1. The fourth-order valence-corrected chi connectivity index (χ4v) is 2.81. The summed E-state index contributed by atoms with van der Waals surface area (Å²) in [6.07, 6.45) is 2.72. The summed E-state index contributed by atoms with van der Waals surface area (Å²) in [6.45, 7) is 7.87. The van der Waals surface area contributed by atoms with Crippen molar-refractivity contribution in [1.29, 1.82) is 0 Å². The molecule has 21 heavy (non-hydrogen) atoms. The maximum Gasteiger partial charge on any atom is 0.196 e. The van der Waals surface area contributed by atoms with E-state index >= 15 is 0 Å². The fourth-order valence-electron chi connectivity index (χ4n) is 2.10. The van der Waals surface area contributed by atoms with Crippen molar-refractivity contribution in [2.45, 2.75) is 13.8 Å². The number of hydrogen-bond donors (Lipinski definition) is 0. The molecule has 0 N–H and O–H groups in total. The number of hydrogen-bond acceptors (Lipinski definition) is 6. The molecule has 0 amide bonds. The third-order valence-corrected chi connectivity index (χ3v) is 3.87. The predicted molar refractivity (Wildman–Crippen MR) is 83.7 cm³/mol. The van der Waals surface area contributed by atoms with E-state index in [-0.39, 0.29) is 0 Å². The van der Waals surface area contributed by atoms with Gasteiger partial charge in [0.1, 0.15) is 5.69 Å². The summed E-state index contributed by atoms with van der Waals surface area (Å²) < 4.78 is 12.7. The van der Waals surface area contributed by atoms with Crippen LogP contribution in [0.3, 0.4) is 0 Å². The third kappa shape index (κ3) is 3.81. The summed E-state index contributed by atoms with van der Waals surface area (Å²) in [4.78, 5) is 18.9. The molecule has 0 spiro atoms. The standard InChI is InChI=1S/C14H21N3O3S/c1-3-19-8-5-16(6-9-20-4-2)13-12(11-18)17-7-10-21-14(17)15-13/h7,10-11H,3-6,8-9H2,1-2H3. The first kappa shape index (κ1) is 15.9. The van der Waals surface area contributed by atoms with Gasteiger partial charge in [-0.15, -0.1) is 11.3 Å². The minimum absolute atomic E-state index is 0.583. The van der Waals surface area contributed by atoms with Gasteiger partial charge in [-0.05, 0) is 13.8 Å². The van der Waals surface area contributed by atoms with Gasteiger partial charge < -0.3 is 14.4 Å². The largest absolute Gasteiger partial charge is 0.380 e. The first-order valence-corrected chi connectivity index (χ1v) is 8.00. The maximum atomic E-state index is 11.4. The smallest absolute Gasteiger partial charge is 0.196 e. The van der Waals surface area contributed by atoms with Crippen LogP contribution >= 0.6 is 11.3 Å². The Bertz CT molecular complexity index is 557. The molecule has 2 aromatic heterocycles. The summed E-state index contributed by atoms with van der Waals surface area (Å²) in [5.74, 6) is 0.705. The van der Waals surface area contributed by atoms with Gasteiger partial charge in [0.05, 0.1) is 13.2 Å². The van der Waals surface area contributed by atoms with Crippen molar-refractivity contribution in [3.63, 3.8) is 0 Å². The van der Waals surface area contributed by atoms with Crippen molar-refractivity contribution in [1.82, 2.24) is 9.38 Å². The number of carbonyl (C=O) groups excluding carboxylic acids is 1. The molecule has 0 unspecified atom stereocenters. The number of thiazole rings is 1. The van der Waals surface area contributed by atoms with E-state index in [2.05, 4.69) is 9.88 Å². The monoisotopic (exact) mass is 311 g/mol. The lowest BCUT2D eigenvalue weighted by atomic mass is 10.4. The molecule has 6 nitrogen and oxygen atoms in total. The Kier molecular flexibility index (Phi) is 6.16. The zero-order valence-corrected chi connectivity index (χ0v) is 13.3. The molecule has 0 saturated heterocycles. The second-order valence-electron chi connectivity index (χ2n) is 4.37. The molecule has 2 rings (SSSR count). The van der Waals surface area contributed by atoms with E-state index in [0.717, 1.165) is 11.2 Å².